The molecule has 3 rings (SSSR count). The lowest BCUT2D eigenvalue weighted by Crippen LogP contribution is -1.89. The highest BCUT2D eigenvalue weighted by molar-refractivity contribution is 5.81. The molecule has 0 radical (unpaired) electrons. The first kappa shape index (κ1) is 10.5. The van der Waals surface area contributed by atoms with Crippen LogP contribution in [0.1, 0.15) is 0 Å². The fraction of sp³-hybridized carbons (Fsp3) is 0. The van der Waals surface area contributed by atoms with Crippen molar-refractivity contribution in [2.45, 2.75) is 0 Å². The highest BCUT2D eigenvalue weighted by Gasteiger charge is 2.10. The zero-order chi connectivity index (χ0) is 12.4. The summed E-state index contributed by atoms with van der Waals surface area (Å²) in [5.41, 5.74) is 9.55. The molecule has 5 nitrogen and oxygen atoms in total. The van der Waals surface area contributed by atoms with Gasteiger partial charge in [0, 0.05) is 11.3 Å². The second-order valence-electron chi connectivity index (χ2n) is 3.91. The van der Waals surface area contributed by atoms with Gasteiger partial charge in [0.2, 0.25) is 5.82 Å². The zero-order valence-corrected chi connectivity index (χ0v) is 9.54. The molecule has 2 aromatic carbocycles. The fourth-order valence-electron chi connectivity index (χ4n) is 1.91. The molecule has 88 valence electrons. The van der Waals surface area contributed by atoms with Gasteiger partial charge in [0.05, 0.1) is 0 Å². The molecule has 18 heavy (non-hydrogen) atoms. The van der Waals surface area contributed by atoms with E-state index in [9.17, 15) is 0 Å². The number of hydrogen-bond donors (Lipinski definition) is 2. The van der Waals surface area contributed by atoms with E-state index in [-0.39, 0.29) is 0 Å². The lowest BCUT2D eigenvalue weighted by molar-refractivity contribution is 0.881. The van der Waals surface area contributed by atoms with E-state index in [0.29, 0.717) is 5.82 Å². The van der Waals surface area contributed by atoms with Crippen molar-refractivity contribution in [2.24, 2.45) is 0 Å². The van der Waals surface area contributed by atoms with Gasteiger partial charge in [-0.2, -0.15) is 5.21 Å². The average Bonchev–Trinajstić information content (AvgIpc) is 2.92. The highest BCUT2D eigenvalue weighted by Crippen LogP contribution is 2.30. The molecule has 0 fully saturated rings. The number of nitrogens with one attached hydrogen (secondary N) is 1. The Balaban J connectivity index is 2.18. The third kappa shape index (κ3) is 1.82. The number of nitrogen functional groups attached to an aromatic ring is 1. The summed E-state index contributed by atoms with van der Waals surface area (Å²) in [5, 5.41) is 14.1. The molecule has 0 atom stereocenters. The first-order valence-corrected chi connectivity index (χ1v) is 5.53. The average molecular weight is 237 g/mol. The number of tetrazole rings is 1. The van der Waals surface area contributed by atoms with Crippen LogP contribution in [0.15, 0.2) is 48.5 Å². The maximum atomic E-state index is 5.81. The van der Waals surface area contributed by atoms with Gasteiger partial charge in [-0.3, -0.25) is 0 Å². The van der Waals surface area contributed by atoms with E-state index in [0.717, 1.165) is 22.4 Å². The van der Waals surface area contributed by atoms with Crippen molar-refractivity contribution in [1.82, 2.24) is 20.6 Å². The molecule has 3 aromatic rings. The summed E-state index contributed by atoms with van der Waals surface area (Å²) >= 11 is 0. The molecule has 0 unspecified atom stereocenters. The Kier molecular flexibility index (Phi) is 2.49. The molecule has 0 aliphatic carbocycles. The summed E-state index contributed by atoms with van der Waals surface area (Å²) in [6.07, 6.45) is 0. The maximum Gasteiger partial charge on any atom is 0.205 e. The fourth-order valence-corrected chi connectivity index (χ4v) is 1.91. The van der Waals surface area contributed by atoms with Crippen LogP contribution in [0.3, 0.4) is 0 Å². The molecular formula is C13H11N5. The number of benzene rings is 2. The summed E-state index contributed by atoms with van der Waals surface area (Å²) in [5.74, 6) is 0.577. The van der Waals surface area contributed by atoms with E-state index in [1.165, 1.54) is 0 Å². The number of nitrogens with two attached hydrogens (primary N) is 1. The summed E-state index contributed by atoms with van der Waals surface area (Å²) < 4.78 is 0. The van der Waals surface area contributed by atoms with Crippen LogP contribution in [0.25, 0.3) is 22.5 Å². The molecule has 1 heterocycles. The van der Waals surface area contributed by atoms with Gasteiger partial charge >= 0.3 is 0 Å². The van der Waals surface area contributed by atoms with Crippen molar-refractivity contribution in [2.75, 3.05) is 5.73 Å². The molecule has 0 aliphatic heterocycles. The number of H-pyrrole nitrogens is 1. The minimum absolute atomic E-state index is 0.577. The molecule has 0 saturated carbocycles. The number of hydrogen-bond acceptors (Lipinski definition) is 4. The van der Waals surface area contributed by atoms with Crippen molar-refractivity contribution < 1.29 is 0 Å². The van der Waals surface area contributed by atoms with Gasteiger partial charge in [0.15, 0.2) is 0 Å². The monoisotopic (exact) mass is 237 g/mol. The lowest BCUT2D eigenvalue weighted by atomic mass is 9.99. The van der Waals surface area contributed by atoms with Crippen LogP contribution in [0.4, 0.5) is 5.69 Å². The van der Waals surface area contributed by atoms with E-state index in [1.807, 2.05) is 48.5 Å². The van der Waals surface area contributed by atoms with Gasteiger partial charge < -0.3 is 5.73 Å². The minimum atomic E-state index is 0.577. The summed E-state index contributed by atoms with van der Waals surface area (Å²) in [4.78, 5) is 0. The molecule has 0 bridgehead atoms. The third-order valence-corrected chi connectivity index (χ3v) is 2.71. The van der Waals surface area contributed by atoms with Gasteiger partial charge in [-0.05, 0) is 28.5 Å². The van der Waals surface area contributed by atoms with Crippen molar-refractivity contribution in [3.8, 4) is 22.5 Å². The number of rotatable bonds is 2. The highest BCUT2D eigenvalue weighted by atomic mass is 15.5. The topological polar surface area (TPSA) is 80.5 Å². The van der Waals surface area contributed by atoms with E-state index >= 15 is 0 Å². The largest absolute Gasteiger partial charge is 0.399 e. The number of aromatic nitrogens is 4. The van der Waals surface area contributed by atoms with Gasteiger partial charge in [0.25, 0.3) is 0 Å². The smallest absolute Gasteiger partial charge is 0.205 e. The van der Waals surface area contributed by atoms with Crippen LogP contribution < -0.4 is 5.73 Å². The quantitative estimate of drug-likeness (QED) is 0.669. The predicted octanol–water partition coefficient (Wildman–Crippen LogP) is 2.12. The molecule has 0 amide bonds. The second-order valence-corrected chi connectivity index (χ2v) is 3.91. The Labute approximate surface area is 104 Å². The van der Waals surface area contributed by atoms with E-state index in [4.69, 9.17) is 5.73 Å². The Bertz CT molecular complexity index is 661. The van der Waals surface area contributed by atoms with E-state index in [2.05, 4.69) is 20.6 Å². The first-order valence-electron chi connectivity index (χ1n) is 5.53. The Morgan fingerprint density at radius 2 is 1.78 bits per heavy atom. The van der Waals surface area contributed by atoms with Gasteiger partial charge in [-0.15, -0.1) is 10.2 Å². The van der Waals surface area contributed by atoms with Crippen LogP contribution in [0.2, 0.25) is 0 Å². The Morgan fingerprint density at radius 3 is 2.50 bits per heavy atom. The van der Waals surface area contributed by atoms with E-state index in [1.54, 1.807) is 0 Å². The van der Waals surface area contributed by atoms with E-state index < -0.39 is 0 Å². The van der Waals surface area contributed by atoms with Gasteiger partial charge in [-0.1, -0.05) is 36.4 Å². The molecule has 3 N–H and O–H groups in total. The van der Waals surface area contributed by atoms with Crippen LogP contribution in [-0.4, -0.2) is 20.6 Å². The normalized spacial score (nSPS) is 10.4. The SMILES string of the molecule is Nc1cccc(-c2ccccc2-c2nn[nH]n2)c1. The third-order valence-electron chi connectivity index (χ3n) is 2.71. The molecule has 1 aromatic heterocycles. The zero-order valence-electron chi connectivity index (χ0n) is 9.54. The first-order chi connectivity index (χ1) is 8.84. The standard InChI is InChI=1S/C13H11N5/c14-10-5-3-4-9(8-10)11-6-1-2-7-12(11)13-15-17-18-16-13/h1-8H,14H2,(H,15,16,17,18). The molecule has 0 spiro atoms. The van der Waals surface area contributed by atoms with Crippen molar-refractivity contribution >= 4 is 5.69 Å². The number of aromatic amines is 1. The molecule has 0 aliphatic rings. The maximum absolute atomic E-state index is 5.81. The van der Waals surface area contributed by atoms with Crippen molar-refractivity contribution in [1.29, 1.82) is 0 Å². The molecule has 0 saturated heterocycles. The number of anilines is 1. The molecule has 5 heteroatoms. The van der Waals surface area contributed by atoms with Crippen LogP contribution in [0.5, 0.6) is 0 Å². The van der Waals surface area contributed by atoms with Crippen LogP contribution in [-0.2, 0) is 0 Å². The lowest BCUT2D eigenvalue weighted by Gasteiger charge is -2.07. The summed E-state index contributed by atoms with van der Waals surface area (Å²) in [7, 11) is 0. The van der Waals surface area contributed by atoms with Gasteiger partial charge in [0.1, 0.15) is 0 Å². The summed E-state index contributed by atoms with van der Waals surface area (Å²) in [6, 6.07) is 15.6. The van der Waals surface area contributed by atoms with Crippen LogP contribution >= 0.6 is 0 Å². The van der Waals surface area contributed by atoms with Gasteiger partial charge in [-0.25, -0.2) is 0 Å². The van der Waals surface area contributed by atoms with Crippen molar-refractivity contribution in [3.63, 3.8) is 0 Å². The Morgan fingerprint density at radius 1 is 0.944 bits per heavy atom. The Hall–Kier alpha value is -2.69. The molecular weight excluding hydrogens is 226 g/mol. The number of nitrogens with zero attached hydrogens (tertiary/aromatic N) is 3. The van der Waals surface area contributed by atoms with Crippen molar-refractivity contribution in [3.05, 3.63) is 48.5 Å². The minimum Gasteiger partial charge on any atom is -0.399 e. The second kappa shape index (κ2) is 4.29. The van der Waals surface area contributed by atoms with Crippen LogP contribution in [0, 0.1) is 0 Å². The predicted molar refractivity (Wildman–Crippen MR) is 69.5 cm³/mol. The summed E-state index contributed by atoms with van der Waals surface area (Å²) in [6.45, 7) is 0.